The number of carbonyl (C=O) groups excluding carboxylic acids is 2. The highest BCUT2D eigenvalue weighted by Gasteiger charge is 2.66. The largest absolute Gasteiger partial charge is 0.459 e. The third-order valence-corrected chi connectivity index (χ3v) is 7.13. The first kappa shape index (κ1) is 24.1. The number of alkyl halides is 1. The molecule has 10 nitrogen and oxygen atoms in total. The summed E-state index contributed by atoms with van der Waals surface area (Å²) < 4.78 is 35.1. The maximum atomic E-state index is 16.6. The predicted octanol–water partition coefficient (Wildman–Crippen LogP) is 3.60. The van der Waals surface area contributed by atoms with Crippen LogP contribution in [-0.2, 0) is 19.0 Å². The molecule has 3 aromatic rings. The molecule has 0 spiro atoms. The van der Waals surface area contributed by atoms with Crippen LogP contribution in [0.3, 0.4) is 0 Å². The van der Waals surface area contributed by atoms with Crippen LogP contribution in [-0.4, -0.2) is 61.5 Å². The van der Waals surface area contributed by atoms with Gasteiger partial charge in [-0.2, -0.15) is 0 Å². The van der Waals surface area contributed by atoms with Crippen LogP contribution in [0.2, 0.25) is 0 Å². The monoisotopic (exact) mass is 497 g/mol. The second-order valence-electron chi connectivity index (χ2n) is 9.54. The number of anilines is 1. The minimum atomic E-state index is -2.23. The van der Waals surface area contributed by atoms with Gasteiger partial charge in [0.1, 0.15) is 19.0 Å². The van der Waals surface area contributed by atoms with E-state index in [1.165, 1.54) is 38.0 Å². The normalized spacial score (nSPS) is 28.0. The lowest BCUT2D eigenvalue weighted by Gasteiger charge is -2.36. The van der Waals surface area contributed by atoms with Crippen molar-refractivity contribution in [2.75, 3.05) is 11.9 Å². The Balaban J connectivity index is 1.45. The first-order valence-electron chi connectivity index (χ1n) is 11.9. The standard InChI is InChI=1S/C25H28FN5O5/c1-15(32)36-25(3)18(12-34-22(33)16-8-5-4-6-9-16)35-23(24(25,2)26)31-14-29-19-20(27-13-28-21(19)31)30-17-10-7-11-17/h4-6,8-9,13-14,17-18,23H,7,10-12H2,1-3H3,(H,27,28,30)/t18-,23?,24+,25+/m1/s1. The fourth-order valence-corrected chi connectivity index (χ4v) is 4.65. The van der Waals surface area contributed by atoms with Gasteiger partial charge in [0.25, 0.3) is 0 Å². The summed E-state index contributed by atoms with van der Waals surface area (Å²) in [6.45, 7) is 3.59. The molecule has 1 saturated carbocycles. The van der Waals surface area contributed by atoms with Crippen molar-refractivity contribution in [3.63, 3.8) is 0 Å². The Bertz CT molecular complexity index is 1280. The minimum Gasteiger partial charge on any atom is -0.459 e. The number of hydrogen-bond donors (Lipinski definition) is 1. The number of rotatable bonds is 7. The summed E-state index contributed by atoms with van der Waals surface area (Å²) in [6, 6.07) is 8.73. The number of halogens is 1. The SMILES string of the molecule is CC(=O)O[C@@]1(C)[C@@H](COC(=O)c2ccccc2)OC(n2cnc3c(NC4CCC4)ncnc32)[C@]1(C)F. The molecule has 1 aliphatic carbocycles. The minimum absolute atomic E-state index is 0.318. The number of imidazole rings is 1. The highest BCUT2D eigenvalue weighted by Crippen LogP contribution is 2.51. The van der Waals surface area contributed by atoms with Gasteiger partial charge in [-0.25, -0.2) is 24.1 Å². The van der Waals surface area contributed by atoms with Crippen molar-refractivity contribution >= 4 is 28.9 Å². The molecule has 1 saturated heterocycles. The van der Waals surface area contributed by atoms with Gasteiger partial charge in [-0.3, -0.25) is 9.36 Å². The molecule has 5 rings (SSSR count). The van der Waals surface area contributed by atoms with Gasteiger partial charge in [-0.05, 0) is 45.2 Å². The molecular weight excluding hydrogens is 469 g/mol. The molecule has 3 heterocycles. The highest BCUT2D eigenvalue weighted by atomic mass is 19.1. The van der Waals surface area contributed by atoms with Crippen LogP contribution in [0.5, 0.6) is 0 Å². The summed E-state index contributed by atoms with van der Waals surface area (Å²) in [6.07, 6.45) is 3.70. The van der Waals surface area contributed by atoms with Crippen LogP contribution in [0, 0.1) is 0 Å². The molecule has 190 valence electrons. The fraction of sp³-hybridized carbons (Fsp3) is 0.480. The number of fused-ring (bicyclic) bond motifs is 1. The van der Waals surface area contributed by atoms with Crippen molar-refractivity contribution in [2.24, 2.45) is 0 Å². The highest BCUT2D eigenvalue weighted by molar-refractivity contribution is 5.89. The van der Waals surface area contributed by atoms with Crippen LogP contribution in [0.15, 0.2) is 43.0 Å². The van der Waals surface area contributed by atoms with Gasteiger partial charge in [0.2, 0.25) is 0 Å². The first-order valence-corrected chi connectivity index (χ1v) is 11.9. The number of esters is 2. The molecule has 36 heavy (non-hydrogen) atoms. The summed E-state index contributed by atoms with van der Waals surface area (Å²) in [5.74, 6) is -0.714. The summed E-state index contributed by atoms with van der Waals surface area (Å²) in [5.41, 5.74) is -2.81. The van der Waals surface area contributed by atoms with Gasteiger partial charge >= 0.3 is 11.9 Å². The summed E-state index contributed by atoms with van der Waals surface area (Å²) in [5, 5.41) is 3.36. The molecule has 11 heteroatoms. The molecular formula is C25H28FN5O5. The molecule has 1 unspecified atom stereocenters. The predicted molar refractivity (Wildman–Crippen MR) is 127 cm³/mol. The molecule has 1 aliphatic heterocycles. The average Bonchev–Trinajstić information content (AvgIpc) is 3.32. The first-order chi connectivity index (χ1) is 17.2. The van der Waals surface area contributed by atoms with Crippen LogP contribution in [0.25, 0.3) is 11.2 Å². The molecule has 4 atom stereocenters. The topological polar surface area (TPSA) is 117 Å². The summed E-state index contributed by atoms with van der Waals surface area (Å²) in [7, 11) is 0. The number of nitrogens with one attached hydrogen (secondary N) is 1. The Morgan fingerprint density at radius 2 is 1.94 bits per heavy atom. The number of hydrogen-bond acceptors (Lipinski definition) is 9. The second kappa shape index (κ2) is 9.12. The molecule has 0 bridgehead atoms. The lowest BCUT2D eigenvalue weighted by molar-refractivity contribution is -0.175. The van der Waals surface area contributed by atoms with E-state index in [2.05, 4.69) is 20.3 Å². The van der Waals surface area contributed by atoms with Crippen LogP contribution in [0.4, 0.5) is 10.2 Å². The number of aromatic nitrogens is 4. The smallest absolute Gasteiger partial charge is 0.338 e. The molecule has 2 aliphatic rings. The van der Waals surface area contributed by atoms with Gasteiger partial charge in [0.15, 0.2) is 34.5 Å². The van der Waals surface area contributed by atoms with Gasteiger partial charge in [-0.1, -0.05) is 18.2 Å². The third kappa shape index (κ3) is 4.06. The zero-order valence-electron chi connectivity index (χ0n) is 20.3. The van der Waals surface area contributed by atoms with E-state index in [0.717, 1.165) is 19.3 Å². The van der Waals surface area contributed by atoms with Crippen molar-refractivity contribution in [3.05, 3.63) is 48.5 Å². The number of ether oxygens (including phenoxy) is 3. The van der Waals surface area contributed by atoms with Crippen molar-refractivity contribution in [2.45, 2.75) is 69.7 Å². The number of carbonyl (C=O) groups is 2. The van der Waals surface area contributed by atoms with Crippen molar-refractivity contribution < 1.29 is 28.2 Å². The van der Waals surface area contributed by atoms with E-state index in [0.29, 0.717) is 28.6 Å². The maximum absolute atomic E-state index is 16.6. The lowest BCUT2D eigenvalue weighted by Crippen LogP contribution is -2.55. The van der Waals surface area contributed by atoms with Gasteiger partial charge in [0.05, 0.1) is 11.9 Å². The molecule has 2 fully saturated rings. The quantitative estimate of drug-likeness (QED) is 0.489. The molecule has 1 aromatic carbocycles. The van der Waals surface area contributed by atoms with E-state index in [-0.39, 0.29) is 6.61 Å². The van der Waals surface area contributed by atoms with E-state index >= 15 is 4.39 Å². The molecule has 2 aromatic heterocycles. The van der Waals surface area contributed by atoms with E-state index in [4.69, 9.17) is 14.2 Å². The van der Waals surface area contributed by atoms with Crippen LogP contribution >= 0.6 is 0 Å². The zero-order chi connectivity index (χ0) is 25.5. The van der Waals surface area contributed by atoms with Crippen LogP contribution < -0.4 is 5.32 Å². The van der Waals surface area contributed by atoms with Gasteiger partial charge in [-0.15, -0.1) is 0 Å². The van der Waals surface area contributed by atoms with Crippen molar-refractivity contribution in [1.82, 2.24) is 19.5 Å². The van der Waals surface area contributed by atoms with E-state index < -0.39 is 35.5 Å². The van der Waals surface area contributed by atoms with E-state index in [1.54, 1.807) is 30.3 Å². The van der Waals surface area contributed by atoms with Gasteiger partial charge < -0.3 is 19.5 Å². The summed E-state index contributed by atoms with van der Waals surface area (Å²) >= 11 is 0. The Labute approximate surface area is 207 Å². The fourth-order valence-electron chi connectivity index (χ4n) is 4.65. The third-order valence-electron chi connectivity index (χ3n) is 7.13. The second-order valence-corrected chi connectivity index (χ2v) is 9.54. The molecule has 0 radical (unpaired) electrons. The Hall–Kier alpha value is -3.60. The zero-order valence-corrected chi connectivity index (χ0v) is 20.3. The van der Waals surface area contributed by atoms with Crippen LogP contribution in [0.1, 0.15) is 56.6 Å². The summed E-state index contributed by atoms with van der Waals surface area (Å²) in [4.78, 5) is 37.6. The molecule has 1 N–H and O–H groups in total. The Morgan fingerprint density at radius 3 is 2.61 bits per heavy atom. The lowest BCUT2D eigenvalue weighted by atomic mass is 9.84. The van der Waals surface area contributed by atoms with Gasteiger partial charge in [0, 0.05) is 13.0 Å². The maximum Gasteiger partial charge on any atom is 0.338 e. The van der Waals surface area contributed by atoms with E-state index in [1.807, 2.05) is 0 Å². The Morgan fingerprint density at radius 1 is 1.19 bits per heavy atom. The average molecular weight is 498 g/mol. The van der Waals surface area contributed by atoms with E-state index in [9.17, 15) is 9.59 Å². The number of nitrogens with zero attached hydrogens (tertiary/aromatic N) is 4. The van der Waals surface area contributed by atoms with Crippen molar-refractivity contribution in [1.29, 1.82) is 0 Å². The van der Waals surface area contributed by atoms with Crippen molar-refractivity contribution in [3.8, 4) is 0 Å². The number of benzene rings is 1. The Kier molecular flexibility index (Phi) is 6.11. The molecule has 0 amide bonds.